The van der Waals surface area contributed by atoms with Gasteiger partial charge in [0.1, 0.15) is 0 Å². The lowest BCUT2D eigenvalue weighted by atomic mass is 9.79. The van der Waals surface area contributed by atoms with Crippen LogP contribution in [0.3, 0.4) is 0 Å². The number of carbonyl (C=O) groups is 1. The maximum atomic E-state index is 12.1. The zero-order chi connectivity index (χ0) is 24.6. The highest BCUT2D eigenvalue weighted by Gasteiger charge is 2.45. The number of rotatable bonds is 6. The van der Waals surface area contributed by atoms with Crippen molar-refractivity contribution in [3.8, 4) is 0 Å². The number of hydrogen-bond acceptors (Lipinski definition) is 7. The van der Waals surface area contributed by atoms with Crippen molar-refractivity contribution in [2.45, 2.75) is 38.0 Å². The Kier molecular flexibility index (Phi) is 6.22. The molecule has 2 aromatic carbocycles. The molecule has 1 aromatic heterocycles. The lowest BCUT2D eigenvalue weighted by Gasteiger charge is -2.53. The SMILES string of the molecule is C[C@]1(C2=CCN(c3ccc4cn[nH]c4c3)C(N)N2N)CC[C@H](C(N)=O)CN1CCc1ccccc1. The van der Waals surface area contributed by atoms with Crippen molar-refractivity contribution >= 4 is 22.5 Å². The van der Waals surface area contributed by atoms with E-state index in [9.17, 15) is 4.79 Å². The number of carbonyl (C=O) groups excluding carboxylic acids is 1. The fourth-order valence-corrected chi connectivity index (χ4v) is 5.49. The first-order valence-corrected chi connectivity index (χ1v) is 12.1. The predicted molar refractivity (Wildman–Crippen MR) is 138 cm³/mol. The Bertz CT molecular complexity index is 1220. The van der Waals surface area contributed by atoms with Crippen LogP contribution in [0.4, 0.5) is 5.69 Å². The maximum absolute atomic E-state index is 12.1. The average Bonchev–Trinajstić information content (AvgIpc) is 3.33. The van der Waals surface area contributed by atoms with Crippen LogP contribution in [0.25, 0.3) is 10.9 Å². The molecule has 3 heterocycles. The van der Waals surface area contributed by atoms with Crippen molar-refractivity contribution in [1.29, 1.82) is 0 Å². The molecule has 0 spiro atoms. The largest absolute Gasteiger partial charge is 0.369 e. The van der Waals surface area contributed by atoms with Crippen molar-refractivity contribution in [3.63, 3.8) is 0 Å². The summed E-state index contributed by atoms with van der Waals surface area (Å²) in [5.41, 5.74) is 16.2. The van der Waals surface area contributed by atoms with E-state index in [1.54, 1.807) is 11.2 Å². The van der Waals surface area contributed by atoms with E-state index < -0.39 is 6.29 Å². The number of aromatic nitrogens is 2. The van der Waals surface area contributed by atoms with Gasteiger partial charge >= 0.3 is 0 Å². The molecule has 184 valence electrons. The van der Waals surface area contributed by atoms with Gasteiger partial charge in [-0.3, -0.25) is 25.5 Å². The molecule has 0 bridgehead atoms. The van der Waals surface area contributed by atoms with E-state index in [4.69, 9.17) is 17.3 Å². The van der Waals surface area contributed by atoms with Gasteiger partial charge in [0.15, 0.2) is 6.29 Å². The summed E-state index contributed by atoms with van der Waals surface area (Å²) in [5.74, 6) is 6.28. The van der Waals surface area contributed by atoms with Crippen molar-refractivity contribution in [2.24, 2.45) is 23.2 Å². The van der Waals surface area contributed by atoms with Gasteiger partial charge in [0.2, 0.25) is 5.91 Å². The summed E-state index contributed by atoms with van der Waals surface area (Å²) in [7, 11) is 0. The van der Waals surface area contributed by atoms with E-state index in [-0.39, 0.29) is 17.4 Å². The number of amides is 1. The Morgan fingerprint density at radius 3 is 2.80 bits per heavy atom. The first-order chi connectivity index (χ1) is 16.9. The van der Waals surface area contributed by atoms with Gasteiger partial charge in [-0.05, 0) is 56.0 Å². The molecule has 9 heteroatoms. The van der Waals surface area contributed by atoms with E-state index in [1.807, 2.05) is 24.3 Å². The van der Waals surface area contributed by atoms with E-state index in [0.717, 1.165) is 48.1 Å². The molecule has 1 fully saturated rings. The number of nitrogens with two attached hydrogens (primary N) is 3. The van der Waals surface area contributed by atoms with Crippen LogP contribution in [0.15, 0.2) is 66.5 Å². The third-order valence-electron chi connectivity index (χ3n) is 7.71. The van der Waals surface area contributed by atoms with Gasteiger partial charge < -0.3 is 10.6 Å². The molecule has 2 aliphatic heterocycles. The lowest BCUT2D eigenvalue weighted by Crippen LogP contribution is -2.66. The standard InChI is InChI=1S/C26H34N8O/c1-26(12-9-20(24(27)35)17-32(26)13-10-18-5-3-2-4-6-18)23-11-14-33(25(28)34(23)29)21-8-7-19-16-30-31-22(19)15-21/h2-8,11,15-16,20,25H,9-10,12-14,17,28-29H2,1H3,(H2,27,35)(H,30,31)/t20-,25?,26+/m0/s1. The lowest BCUT2D eigenvalue weighted by molar-refractivity contribution is -0.125. The number of H-pyrrole nitrogens is 1. The number of hydrazine groups is 1. The smallest absolute Gasteiger partial charge is 0.221 e. The Hall–Kier alpha value is -3.40. The average molecular weight is 475 g/mol. The normalized spacial score (nSPS) is 25.6. The molecule has 35 heavy (non-hydrogen) atoms. The van der Waals surface area contributed by atoms with Gasteiger partial charge in [0.25, 0.3) is 0 Å². The van der Waals surface area contributed by atoms with Gasteiger partial charge in [-0.15, -0.1) is 0 Å². The summed E-state index contributed by atoms with van der Waals surface area (Å²) in [5, 5.41) is 9.86. The zero-order valence-electron chi connectivity index (χ0n) is 20.1. The van der Waals surface area contributed by atoms with Crippen LogP contribution < -0.4 is 22.2 Å². The molecule has 0 saturated carbocycles. The van der Waals surface area contributed by atoms with E-state index in [1.165, 1.54) is 5.56 Å². The molecular weight excluding hydrogens is 440 g/mol. The van der Waals surface area contributed by atoms with Gasteiger partial charge in [0, 0.05) is 30.7 Å². The Balaban J connectivity index is 1.41. The third-order valence-corrected chi connectivity index (χ3v) is 7.71. The van der Waals surface area contributed by atoms with Gasteiger partial charge in [-0.1, -0.05) is 30.3 Å². The minimum absolute atomic E-state index is 0.166. The van der Waals surface area contributed by atoms with Crippen LogP contribution >= 0.6 is 0 Å². The van der Waals surface area contributed by atoms with Crippen molar-refractivity contribution in [3.05, 3.63) is 72.1 Å². The summed E-state index contributed by atoms with van der Waals surface area (Å²) >= 11 is 0. The molecule has 7 N–H and O–H groups in total. The quantitative estimate of drug-likeness (QED) is 0.401. The minimum Gasteiger partial charge on any atom is -0.369 e. The van der Waals surface area contributed by atoms with Crippen LogP contribution in [0.5, 0.6) is 0 Å². The molecule has 0 aliphatic carbocycles. The predicted octanol–water partition coefficient (Wildman–Crippen LogP) is 1.88. The van der Waals surface area contributed by atoms with Crippen LogP contribution in [-0.2, 0) is 11.2 Å². The highest BCUT2D eigenvalue weighted by atomic mass is 16.1. The number of nitrogens with one attached hydrogen (secondary N) is 1. The summed E-state index contributed by atoms with van der Waals surface area (Å²) in [6.07, 6.45) is 5.83. The summed E-state index contributed by atoms with van der Waals surface area (Å²) < 4.78 is 0. The molecule has 0 radical (unpaired) electrons. The summed E-state index contributed by atoms with van der Waals surface area (Å²) in [6.45, 7) is 4.25. The first kappa shape index (κ1) is 23.3. The number of piperidine rings is 1. The number of anilines is 1. The number of fused-ring (bicyclic) bond motifs is 1. The van der Waals surface area contributed by atoms with Gasteiger partial charge in [0.05, 0.1) is 28.9 Å². The monoisotopic (exact) mass is 474 g/mol. The molecule has 5 rings (SSSR count). The maximum Gasteiger partial charge on any atom is 0.221 e. The van der Waals surface area contributed by atoms with Gasteiger partial charge in [-0.2, -0.15) is 5.10 Å². The number of benzene rings is 2. The molecule has 3 aromatic rings. The highest BCUT2D eigenvalue weighted by Crippen LogP contribution is 2.39. The highest BCUT2D eigenvalue weighted by molar-refractivity contribution is 5.82. The number of nitrogens with zero attached hydrogens (tertiary/aromatic N) is 4. The number of primary amides is 1. The first-order valence-electron chi connectivity index (χ1n) is 12.1. The summed E-state index contributed by atoms with van der Waals surface area (Å²) in [6, 6.07) is 16.5. The fourth-order valence-electron chi connectivity index (χ4n) is 5.49. The second-order valence-corrected chi connectivity index (χ2v) is 9.80. The molecule has 1 unspecified atom stereocenters. The molecule has 9 nitrogen and oxygen atoms in total. The van der Waals surface area contributed by atoms with Crippen molar-refractivity contribution in [2.75, 3.05) is 24.5 Å². The van der Waals surface area contributed by atoms with E-state index in [2.05, 4.69) is 57.3 Å². The van der Waals surface area contributed by atoms with Crippen LogP contribution in [0.2, 0.25) is 0 Å². The van der Waals surface area contributed by atoms with E-state index in [0.29, 0.717) is 13.1 Å². The third kappa shape index (κ3) is 4.38. The Labute approximate surface area is 205 Å². The van der Waals surface area contributed by atoms with Gasteiger partial charge in [-0.25, -0.2) is 5.84 Å². The summed E-state index contributed by atoms with van der Waals surface area (Å²) in [4.78, 5) is 16.5. The van der Waals surface area contributed by atoms with Crippen LogP contribution in [0, 0.1) is 5.92 Å². The minimum atomic E-state index is -0.531. The number of aromatic amines is 1. The fraction of sp³-hybridized carbons (Fsp3) is 0.385. The Morgan fingerprint density at radius 1 is 1.23 bits per heavy atom. The Morgan fingerprint density at radius 2 is 2.03 bits per heavy atom. The molecule has 1 amide bonds. The second kappa shape index (κ2) is 9.33. The zero-order valence-corrected chi connectivity index (χ0v) is 20.1. The van der Waals surface area contributed by atoms with Crippen LogP contribution in [-0.4, -0.2) is 57.5 Å². The topological polar surface area (TPSA) is 134 Å². The number of hydrogen-bond donors (Lipinski definition) is 4. The van der Waals surface area contributed by atoms with Crippen molar-refractivity contribution < 1.29 is 4.79 Å². The molecular formula is C26H34N8O. The molecule has 1 saturated heterocycles. The second-order valence-electron chi connectivity index (χ2n) is 9.80. The van der Waals surface area contributed by atoms with Crippen LogP contribution in [0.1, 0.15) is 25.3 Å². The van der Waals surface area contributed by atoms with Crippen molar-refractivity contribution in [1.82, 2.24) is 20.1 Å². The molecule has 2 aliphatic rings. The molecule has 3 atom stereocenters. The number of likely N-dealkylation sites (tertiary alicyclic amines) is 1. The van der Waals surface area contributed by atoms with E-state index >= 15 is 0 Å².